The van der Waals surface area contributed by atoms with E-state index in [0.29, 0.717) is 0 Å². The number of hydrogen-bond donors (Lipinski definition) is 0. The van der Waals surface area contributed by atoms with Crippen LogP contribution in [-0.4, -0.2) is 0 Å². The second kappa shape index (κ2) is 5.93. The van der Waals surface area contributed by atoms with Crippen LogP contribution in [0.1, 0.15) is 27.1 Å². The minimum absolute atomic E-state index is 0.183. The Kier molecular flexibility index (Phi) is 4.73. The summed E-state index contributed by atoms with van der Waals surface area (Å²) in [6.07, 6.45) is 0. The molecule has 0 aliphatic rings. The summed E-state index contributed by atoms with van der Waals surface area (Å²) < 4.78 is 1.22. The van der Waals surface area contributed by atoms with Gasteiger partial charge in [0.2, 0.25) is 0 Å². The van der Waals surface area contributed by atoms with Gasteiger partial charge in [0.25, 0.3) is 0 Å². The summed E-state index contributed by atoms with van der Waals surface area (Å²) in [7, 11) is 0. The molecule has 0 nitrogen and oxygen atoms in total. The van der Waals surface area contributed by atoms with Crippen LogP contribution in [0.3, 0.4) is 0 Å². The number of benzene rings is 2. The first kappa shape index (κ1) is 14.4. The van der Waals surface area contributed by atoms with E-state index in [1.54, 1.807) is 0 Å². The molecule has 3 heteroatoms. The highest BCUT2D eigenvalue weighted by molar-refractivity contribution is 14.1. The van der Waals surface area contributed by atoms with Crippen LogP contribution in [0.2, 0.25) is 5.02 Å². The van der Waals surface area contributed by atoms with Crippen LogP contribution >= 0.6 is 50.1 Å². The summed E-state index contributed by atoms with van der Waals surface area (Å²) in [5, 5.41) is 0.778. The molecule has 0 heterocycles. The lowest BCUT2D eigenvalue weighted by Gasteiger charge is -2.16. The Hall–Kier alpha value is -0.0600. The Morgan fingerprint density at radius 2 is 1.78 bits per heavy atom. The zero-order chi connectivity index (χ0) is 13.3. The lowest BCUT2D eigenvalue weighted by Crippen LogP contribution is -1.99. The van der Waals surface area contributed by atoms with E-state index in [-0.39, 0.29) is 4.83 Å². The van der Waals surface area contributed by atoms with Gasteiger partial charge in [-0.15, -0.1) is 0 Å². The van der Waals surface area contributed by atoms with Crippen LogP contribution in [0.4, 0.5) is 0 Å². The van der Waals surface area contributed by atoms with E-state index in [1.165, 1.54) is 25.8 Å². The highest BCUT2D eigenvalue weighted by Crippen LogP contribution is 2.36. The molecule has 0 radical (unpaired) electrons. The average molecular weight is 436 g/mol. The van der Waals surface area contributed by atoms with E-state index in [4.69, 9.17) is 11.6 Å². The molecule has 0 saturated carbocycles. The lowest BCUT2D eigenvalue weighted by atomic mass is 9.98. The lowest BCUT2D eigenvalue weighted by molar-refractivity contribution is 1.12. The van der Waals surface area contributed by atoms with Crippen molar-refractivity contribution in [3.05, 3.63) is 67.2 Å². The van der Waals surface area contributed by atoms with E-state index in [2.05, 4.69) is 76.6 Å². The topological polar surface area (TPSA) is 0 Å². The first-order chi connectivity index (χ1) is 8.49. The van der Waals surface area contributed by atoms with Crippen molar-refractivity contribution >= 4 is 50.1 Å². The number of halogens is 3. The predicted octanol–water partition coefficient (Wildman–Crippen LogP) is 6.05. The minimum Gasteiger partial charge on any atom is -0.0843 e. The summed E-state index contributed by atoms with van der Waals surface area (Å²) in [5.74, 6) is 0. The Bertz CT molecular complexity index is 529. The van der Waals surface area contributed by atoms with E-state index in [9.17, 15) is 0 Å². The van der Waals surface area contributed by atoms with E-state index in [1.807, 2.05) is 12.1 Å². The smallest absolute Gasteiger partial charge is 0.0658 e. The number of hydrogen-bond acceptors (Lipinski definition) is 0. The molecule has 0 bridgehead atoms. The third-order valence-electron chi connectivity index (χ3n) is 2.94. The molecule has 18 heavy (non-hydrogen) atoms. The maximum atomic E-state index is 6.10. The van der Waals surface area contributed by atoms with Gasteiger partial charge in [0.15, 0.2) is 0 Å². The van der Waals surface area contributed by atoms with Crippen molar-refractivity contribution in [3.63, 3.8) is 0 Å². The zero-order valence-corrected chi connectivity index (χ0v) is 14.7. The molecule has 0 fully saturated rings. The van der Waals surface area contributed by atoms with Gasteiger partial charge in [-0.3, -0.25) is 0 Å². The summed E-state index contributed by atoms with van der Waals surface area (Å²) in [4.78, 5) is 0.183. The molecule has 0 N–H and O–H groups in total. The summed E-state index contributed by atoms with van der Waals surface area (Å²) >= 11 is 12.2. The quantitative estimate of drug-likeness (QED) is 0.398. The van der Waals surface area contributed by atoms with Crippen LogP contribution < -0.4 is 0 Å². The Balaban J connectivity index is 2.50. The largest absolute Gasteiger partial charge is 0.0843 e. The van der Waals surface area contributed by atoms with Gasteiger partial charge in [0.05, 0.1) is 4.83 Å². The molecular weight excluding hydrogens is 422 g/mol. The second-order valence-electron chi connectivity index (χ2n) is 4.39. The Morgan fingerprint density at radius 1 is 1.06 bits per heavy atom. The van der Waals surface area contributed by atoms with Gasteiger partial charge in [0.1, 0.15) is 0 Å². The predicted molar refractivity (Wildman–Crippen MR) is 90.9 cm³/mol. The van der Waals surface area contributed by atoms with Crippen LogP contribution in [0.15, 0.2) is 36.4 Å². The van der Waals surface area contributed by atoms with Gasteiger partial charge in [-0.2, -0.15) is 0 Å². The van der Waals surface area contributed by atoms with Crippen LogP contribution in [0, 0.1) is 17.4 Å². The van der Waals surface area contributed by atoms with Crippen LogP contribution in [0.5, 0.6) is 0 Å². The van der Waals surface area contributed by atoms with E-state index < -0.39 is 0 Å². The molecule has 1 atom stereocenters. The van der Waals surface area contributed by atoms with Crippen molar-refractivity contribution in [3.8, 4) is 0 Å². The normalized spacial score (nSPS) is 12.5. The molecule has 0 aliphatic heterocycles. The van der Waals surface area contributed by atoms with Gasteiger partial charge >= 0.3 is 0 Å². The summed E-state index contributed by atoms with van der Waals surface area (Å²) in [6, 6.07) is 12.5. The van der Waals surface area contributed by atoms with E-state index in [0.717, 1.165) is 5.02 Å². The van der Waals surface area contributed by atoms with Crippen molar-refractivity contribution < 1.29 is 0 Å². The fourth-order valence-corrected chi connectivity index (χ4v) is 4.04. The summed E-state index contributed by atoms with van der Waals surface area (Å²) in [6.45, 7) is 4.26. The van der Waals surface area contributed by atoms with Crippen molar-refractivity contribution in [1.29, 1.82) is 0 Å². The highest BCUT2D eigenvalue weighted by Gasteiger charge is 2.16. The second-order valence-corrected chi connectivity index (χ2v) is 6.90. The minimum atomic E-state index is 0.183. The zero-order valence-electron chi connectivity index (χ0n) is 10.2. The average Bonchev–Trinajstić information content (AvgIpc) is 2.34. The van der Waals surface area contributed by atoms with Gasteiger partial charge in [0, 0.05) is 8.59 Å². The molecule has 2 rings (SSSR count). The third kappa shape index (κ3) is 3.09. The molecular formula is C15H13BrClI. The van der Waals surface area contributed by atoms with Gasteiger partial charge in [-0.25, -0.2) is 0 Å². The fourth-order valence-electron chi connectivity index (χ4n) is 1.91. The standard InChI is InChI=1S/C15H13BrClI/c1-9-3-4-10(2)12(7-9)15(16)13-8-11(17)5-6-14(13)18/h3-8,15H,1-2H3. The molecule has 0 spiro atoms. The van der Waals surface area contributed by atoms with Crippen molar-refractivity contribution in [2.75, 3.05) is 0 Å². The molecule has 2 aromatic rings. The number of rotatable bonds is 2. The van der Waals surface area contributed by atoms with Gasteiger partial charge in [-0.1, -0.05) is 51.3 Å². The van der Waals surface area contributed by atoms with E-state index >= 15 is 0 Å². The number of alkyl halides is 1. The first-order valence-corrected chi connectivity index (χ1v) is 8.02. The summed E-state index contributed by atoms with van der Waals surface area (Å²) in [5.41, 5.74) is 5.09. The molecule has 1 unspecified atom stereocenters. The molecule has 0 amide bonds. The van der Waals surface area contributed by atoms with Crippen molar-refractivity contribution in [2.24, 2.45) is 0 Å². The van der Waals surface area contributed by atoms with Gasteiger partial charge in [-0.05, 0) is 71.3 Å². The maximum absolute atomic E-state index is 6.10. The monoisotopic (exact) mass is 434 g/mol. The highest BCUT2D eigenvalue weighted by atomic mass is 127. The molecule has 94 valence electrons. The van der Waals surface area contributed by atoms with Crippen LogP contribution in [-0.2, 0) is 0 Å². The van der Waals surface area contributed by atoms with Crippen LogP contribution in [0.25, 0.3) is 0 Å². The van der Waals surface area contributed by atoms with Crippen molar-refractivity contribution in [1.82, 2.24) is 0 Å². The fraction of sp³-hybridized carbons (Fsp3) is 0.200. The molecule has 0 aromatic heterocycles. The Labute approximate surface area is 135 Å². The molecule has 0 saturated heterocycles. The third-order valence-corrected chi connectivity index (χ3v) is 5.14. The first-order valence-electron chi connectivity index (χ1n) is 5.65. The molecule has 0 aliphatic carbocycles. The Morgan fingerprint density at radius 3 is 2.50 bits per heavy atom. The maximum Gasteiger partial charge on any atom is 0.0658 e. The van der Waals surface area contributed by atoms with Crippen molar-refractivity contribution in [2.45, 2.75) is 18.7 Å². The van der Waals surface area contributed by atoms with Gasteiger partial charge < -0.3 is 0 Å². The SMILES string of the molecule is Cc1ccc(C)c(C(Br)c2cc(Cl)ccc2I)c1. The molecule has 2 aromatic carbocycles. The number of aryl methyl sites for hydroxylation is 2.